The maximum Gasteiger partial charge on any atom is 0.339 e. The first-order valence-corrected chi connectivity index (χ1v) is 6.40. The molecule has 0 fully saturated rings. The molecule has 1 unspecified atom stereocenters. The molecule has 4 nitrogen and oxygen atoms in total. The summed E-state index contributed by atoms with van der Waals surface area (Å²) in [4.78, 5) is 11.2. The summed E-state index contributed by atoms with van der Waals surface area (Å²) in [5, 5.41) is 13.4. The van der Waals surface area contributed by atoms with E-state index in [2.05, 4.69) is 18.9 Å². The van der Waals surface area contributed by atoms with Gasteiger partial charge < -0.3 is 5.11 Å². The van der Waals surface area contributed by atoms with Gasteiger partial charge >= 0.3 is 5.97 Å². The van der Waals surface area contributed by atoms with Crippen molar-refractivity contribution in [3.63, 3.8) is 0 Å². The second-order valence-corrected chi connectivity index (χ2v) is 4.80. The molecule has 2 rings (SSSR count). The van der Waals surface area contributed by atoms with E-state index in [0.717, 1.165) is 12.0 Å². The van der Waals surface area contributed by atoms with E-state index in [1.807, 2.05) is 24.3 Å². The molecule has 1 aromatic carbocycles. The van der Waals surface area contributed by atoms with Gasteiger partial charge in [-0.15, -0.1) is 0 Å². The summed E-state index contributed by atoms with van der Waals surface area (Å²) in [7, 11) is 1.73. The van der Waals surface area contributed by atoms with E-state index in [1.54, 1.807) is 7.05 Å². The monoisotopic (exact) mass is 258 g/mol. The van der Waals surface area contributed by atoms with Gasteiger partial charge in [-0.1, -0.05) is 38.1 Å². The molecule has 19 heavy (non-hydrogen) atoms. The molecule has 1 N–H and O–H groups in total. The number of carboxylic acid groups (broad SMARTS) is 1. The van der Waals surface area contributed by atoms with Gasteiger partial charge in [-0.2, -0.15) is 5.10 Å². The summed E-state index contributed by atoms with van der Waals surface area (Å²) in [5.74, 6) is -0.439. The first-order chi connectivity index (χ1) is 9.02. The third kappa shape index (κ3) is 2.67. The van der Waals surface area contributed by atoms with E-state index in [0.29, 0.717) is 11.6 Å². The molecule has 1 atom stereocenters. The Morgan fingerprint density at radius 3 is 2.53 bits per heavy atom. The lowest BCUT2D eigenvalue weighted by Gasteiger charge is -2.09. The molecule has 4 heteroatoms. The van der Waals surface area contributed by atoms with Crippen LogP contribution in [0.25, 0.3) is 11.3 Å². The summed E-state index contributed by atoms with van der Waals surface area (Å²) in [6.45, 7) is 4.33. The van der Waals surface area contributed by atoms with Crippen LogP contribution in [0.1, 0.15) is 42.1 Å². The summed E-state index contributed by atoms with van der Waals surface area (Å²) in [6, 6.07) is 7.97. The average molecular weight is 258 g/mol. The number of aryl methyl sites for hydroxylation is 1. The molecule has 0 aliphatic rings. The molecule has 1 heterocycles. The minimum atomic E-state index is -0.950. The second-order valence-electron chi connectivity index (χ2n) is 4.80. The van der Waals surface area contributed by atoms with Crippen molar-refractivity contribution in [2.75, 3.05) is 0 Å². The molecule has 0 bridgehead atoms. The topological polar surface area (TPSA) is 55.1 Å². The van der Waals surface area contributed by atoms with E-state index in [4.69, 9.17) is 5.11 Å². The maximum absolute atomic E-state index is 11.2. The van der Waals surface area contributed by atoms with Crippen molar-refractivity contribution < 1.29 is 9.90 Å². The van der Waals surface area contributed by atoms with Gasteiger partial charge in [-0.3, -0.25) is 4.68 Å². The van der Waals surface area contributed by atoms with Crippen LogP contribution >= 0.6 is 0 Å². The van der Waals surface area contributed by atoms with Gasteiger partial charge in [0.1, 0.15) is 11.3 Å². The fourth-order valence-corrected chi connectivity index (χ4v) is 2.06. The van der Waals surface area contributed by atoms with E-state index >= 15 is 0 Å². The predicted octanol–water partition coefficient (Wildman–Crippen LogP) is 3.30. The van der Waals surface area contributed by atoms with Crippen LogP contribution in [-0.4, -0.2) is 20.9 Å². The van der Waals surface area contributed by atoms with Crippen molar-refractivity contribution in [3.05, 3.63) is 41.6 Å². The summed E-state index contributed by atoms with van der Waals surface area (Å²) in [5.41, 5.74) is 2.86. The smallest absolute Gasteiger partial charge is 0.339 e. The number of hydrogen-bond donors (Lipinski definition) is 1. The predicted molar refractivity (Wildman–Crippen MR) is 74.3 cm³/mol. The second kappa shape index (κ2) is 5.26. The molecular formula is C15H18N2O2. The zero-order valence-electron chi connectivity index (χ0n) is 11.4. The van der Waals surface area contributed by atoms with Crippen LogP contribution in [0, 0.1) is 0 Å². The van der Waals surface area contributed by atoms with Crippen LogP contribution in [0.2, 0.25) is 0 Å². The van der Waals surface area contributed by atoms with Crippen LogP contribution in [0.5, 0.6) is 0 Å². The molecule has 0 aliphatic carbocycles. The number of carbonyl (C=O) groups is 1. The summed E-state index contributed by atoms with van der Waals surface area (Å²) >= 11 is 0. The third-order valence-corrected chi connectivity index (χ3v) is 3.42. The fraction of sp³-hybridized carbons (Fsp3) is 0.333. The van der Waals surface area contributed by atoms with Crippen molar-refractivity contribution in [2.45, 2.75) is 26.2 Å². The van der Waals surface area contributed by atoms with Crippen LogP contribution in [0.3, 0.4) is 0 Å². The minimum absolute atomic E-state index is 0.235. The number of rotatable bonds is 4. The fourth-order valence-electron chi connectivity index (χ4n) is 2.06. The molecule has 2 aromatic rings. The highest BCUT2D eigenvalue weighted by molar-refractivity contribution is 5.94. The van der Waals surface area contributed by atoms with Crippen molar-refractivity contribution in [3.8, 4) is 11.3 Å². The molecule has 0 amide bonds. The Kier molecular flexibility index (Phi) is 3.69. The molecule has 0 radical (unpaired) electrons. The molecule has 0 saturated carbocycles. The van der Waals surface area contributed by atoms with Crippen LogP contribution in [0.4, 0.5) is 0 Å². The lowest BCUT2D eigenvalue weighted by molar-refractivity contribution is 0.0697. The van der Waals surface area contributed by atoms with Crippen LogP contribution < -0.4 is 0 Å². The quantitative estimate of drug-likeness (QED) is 0.915. The van der Waals surface area contributed by atoms with Gasteiger partial charge in [-0.05, 0) is 17.9 Å². The Hall–Kier alpha value is -2.10. The lowest BCUT2D eigenvalue weighted by atomic mass is 9.96. The summed E-state index contributed by atoms with van der Waals surface area (Å²) < 4.78 is 1.53. The van der Waals surface area contributed by atoms with Gasteiger partial charge in [0.05, 0.1) is 0 Å². The minimum Gasteiger partial charge on any atom is -0.478 e. The van der Waals surface area contributed by atoms with Crippen molar-refractivity contribution in [1.82, 2.24) is 9.78 Å². The highest BCUT2D eigenvalue weighted by Gasteiger charge is 2.16. The lowest BCUT2D eigenvalue weighted by Crippen LogP contribution is -1.97. The third-order valence-electron chi connectivity index (χ3n) is 3.42. The van der Waals surface area contributed by atoms with E-state index in [1.165, 1.54) is 16.4 Å². The van der Waals surface area contributed by atoms with E-state index < -0.39 is 5.97 Å². The average Bonchev–Trinajstić information content (AvgIpc) is 2.80. The van der Waals surface area contributed by atoms with Crippen molar-refractivity contribution >= 4 is 5.97 Å². The number of carboxylic acids is 1. The molecule has 0 spiro atoms. The first-order valence-electron chi connectivity index (χ1n) is 6.40. The molecular weight excluding hydrogens is 240 g/mol. The standard InChI is InChI=1S/C15H18N2O2/c1-4-10(2)11-5-7-12(8-6-11)14-13(15(18)19)9-17(3)16-14/h5-10H,4H2,1-3H3,(H,18,19). The Morgan fingerprint density at radius 2 is 2.00 bits per heavy atom. The van der Waals surface area contributed by atoms with Gasteiger partial charge in [0.25, 0.3) is 0 Å². The Balaban J connectivity index is 2.40. The Bertz CT molecular complexity index is 585. The van der Waals surface area contributed by atoms with Crippen molar-refractivity contribution in [1.29, 1.82) is 0 Å². The number of hydrogen-bond acceptors (Lipinski definition) is 2. The highest BCUT2D eigenvalue weighted by Crippen LogP contribution is 2.25. The largest absolute Gasteiger partial charge is 0.478 e. The van der Waals surface area contributed by atoms with Gasteiger partial charge in [0.15, 0.2) is 0 Å². The first kappa shape index (κ1) is 13.3. The zero-order chi connectivity index (χ0) is 14.0. The van der Waals surface area contributed by atoms with E-state index in [-0.39, 0.29) is 5.56 Å². The highest BCUT2D eigenvalue weighted by atomic mass is 16.4. The van der Waals surface area contributed by atoms with Gasteiger partial charge in [0.2, 0.25) is 0 Å². The Morgan fingerprint density at radius 1 is 1.37 bits per heavy atom. The zero-order valence-corrected chi connectivity index (χ0v) is 11.4. The molecule has 100 valence electrons. The van der Waals surface area contributed by atoms with Crippen LogP contribution in [-0.2, 0) is 7.05 Å². The van der Waals surface area contributed by atoms with Crippen molar-refractivity contribution in [2.24, 2.45) is 7.05 Å². The Labute approximate surface area is 112 Å². The molecule has 0 saturated heterocycles. The normalized spacial score (nSPS) is 12.4. The van der Waals surface area contributed by atoms with Gasteiger partial charge in [0, 0.05) is 18.8 Å². The molecule has 1 aromatic heterocycles. The van der Waals surface area contributed by atoms with Gasteiger partial charge in [-0.25, -0.2) is 4.79 Å². The van der Waals surface area contributed by atoms with Crippen LogP contribution in [0.15, 0.2) is 30.5 Å². The number of aromatic carboxylic acids is 1. The van der Waals surface area contributed by atoms with E-state index in [9.17, 15) is 4.79 Å². The number of nitrogens with zero attached hydrogens (tertiary/aromatic N) is 2. The number of benzene rings is 1. The number of aromatic nitrogens is 2. The molecule has 0 aliphatic heterocycles. The SMILES string of the molecule is CCC(C)c1ccc(-c2nn(C)cc2C(=O)O)cc1. The maximum atomic E-state index is 11.2. The summed E-state index contributed by atoms with van der Waals surface area (Å²) in [6.07, 6.45) is 2.61.